The molecular formula is C12H26N2O. The number of carbonyl (C=O) groups is 1. The Morgan fingerprint density at radius 3 is 2.33 bits per heavy atom. The molecule has 3 heteroatoms. The van der Waals surface area contributed by atoms with Crippen LogP contribution < -0.4 is 5.32 Å². The Morgan fingerprint density at radius 2 is 1.93 bits per heavy atom. The average Bonchev–Trinajstić information content (AvgIpc) is 2.15. The summed E-state index contributed by atoms with van der Waals surface area (Å²) >= 11 is 0. The molecule has 0 rings (SSSR count). The molecule has 0 saturated carbocycles. The molecule has 1 amide bonds. The van der Waals surface area contributed by atoms with Crippen LogP contribution in [0.5, 0.6) is 0 Å². The maximum Gasteiger partial charge on any atom is 0.236 e. The lowest BCUT2D eigenvalue weighted by Gasteiger charge is -2.29. The largest absolute Gasteiger partial charge is 0.345 e. The first kappa shape index (κ1) is 14.4. The quantitative estimate of drug-likeness (QED) is 0.730. The van der Waals surface area contributed by atoms with Crippen LogP contribution in [0.1, 0.15) is 34.6 Å². The zero-order chi connectivity index (χ0) is 12.1. The molecule has 0 aromatic rings. The van der Waals surface area contributed by atoms with E-state index in [9.17, 15) is 4.79 Å². The number of rotatable bonds is 6. The summed E-state index contributed by atoms with van der Waals surface area (Å²) in [5, 5.41) is 3.23. The van der Waals surface area contributed by atoms with Crippen LogP contribution in [-0.2, 0) is 4.79 Å². The molecule has 0 fully saturated rings. The summed E-state index contributed by atoms with van der Waals surface area (Å²) in [7, 11) is 1.83. The summed E-state index contributed by atoms with van der Waals surface area (Å²) in [6, 6.07) is 0. The van der Waals surface area contributed by atoms with E-state index < -0.39 is 0 Å². The number of hydrogen-bond donors (Lipinski definition) is 1. The first-order valence-electron chi connectivity index (χ1n) is 5.76. The van der Waals surface area contributed by atoms with Gasteiger partial charge in [-0.15, -0.1) is 0 Å². The van der Waals surface area contributed by atoms with Crippen molar-refractivity contribution in [2.45, 2.75) is 34.6 Å². The topological polar surface area (TPSA) is 32.3 Å². The van der Waals surface area contributed by atoms with Gasteiger partial charge in [-0.25, -0.2) is 0 Å². The van der Waals surface area contributed by atoms with Gasteiger partial charge in [-0.05, 0) is 18.3 Å². The second-order valence-corrected chi connectivity index (χ2v) is 5.15. The molecular weight excluding hydrogens is 188 g/mol. The zero-order valence-corrected chi connectivity index (χ0v) is 11.1. The van der Waals surface area contributed by atoms with E-state index in [0.717, 1.165) is 13.1 Å². The van der Waals surface area contributed by atoms with Crippen molar-refractivity contribution in [1.82, 2.24) is 10.2 Å². The highest BCUT2D eigenvalue weighted by atomic mass is 16.2. The predicted octanol–water partition coefficient (Wildman–Crippen LogP) is 1.74. The van der Waals surface area contributed by atoms with Crippen LogP contribution in [0.15, 0.2) is 0 Å². The molecule has 0 aromatic heterocycles. The van der Waals surface area contributed by atoms with E-state index in [4.69, 9.17) is 0 Å². The van der Waals surface area contributed by atoms with E-state index in [1.807, 2.05) is 14.0 Å². The van der Waals surface area contributed by atoms with Crippen LogP contribution in [0.4, 0.5) is 0 Å². The van der Waals surface area contributed by atoms with Gasteiger partial charge >= 0.3 is 0 Å². The van der Waals surface area contributed by atoms with Gasteiger partial charge in [0.25, 0.3) is 0 Å². The van der Waals surface area contributed by atoms with Gasteiger partial charge in [-0.2, -0.15) is 0 Å². The first-order valence-corrected chi connectivity index (χ1v) is 5.76. The Bertz CT molecular complexity index is 200. The van der Waals surface area contributed by atoms with E-state index >= 15 is 0 Å². The Labute approximate surface area is 94.2 Å². The lowest BCUT2D eigenvalue weighted by atomic mass is 9.81. The summed E-state index contributed by atoms with van der Waals surface area (Å²) < 4.78 is 0. The second-order valence-electron chi connectivity index (χ2n) is 5.15. The molecule has 0 heterocycles. The lowest BCUT2D eigenvalue weighted by molar-refractivity contribution is -0.128. The van der Waals surface area contributed by atoms with Gasteiger partial charge < -0.3 is 10.2 Å². The van der Waals surface area contributed by atoms with Crippen molar-refractivity contribution in [2.24, 2.45) is 11.3 Å². The van der Waals surface area contributed by atoms with Crippen molar-refractivity contribution in [3.63, 3.8) is 0 Å². The van der Waals surface area contributed by atoms with Gasteiger partial charge in [-0.3, -0.25) is 4.79 Å². The molecule has 15 heavy (non-hydrogen) atoms. The lowest BCUT2D eigenvalue weighted by Crippen LogP contribution is -2.40. The minimum Gasteiger partial charge on any atom is -0.345 e. The van der Waals surface area contributed by atoms with E-state index in [1.165, 1.54) is 0 Å². The van der Waals surface area contributed by atoms with Crippen molar-refractivity contribution in [3.05, 3.63) is 0 Å². The molecule has 90 valence electrons. The molecule has 0 radical (unpaired) electrons. The van der Waals surface area contributed by atoms with Crippen LogP contribution in [0.3, 0.4) is 0 Å². The molecule has 0 unspecified atom stereocenters. The number of hydrogen-bond acceptors (Lipinski definition) is 2. The van der Waals surface area contributed by atoms with Crippen LogP contribution in [0.25, 0.3) is 0 Å². The Hall–Kier alpha value is -0.570. The van der Waals surface area contributed by atoms with Crippen LogP contribution in [-0.4, -0.2) is 37.5 Å². The third-order valence-corrected chi connectivity index (χ3v) is 3.32. The number of nitrogens with one attached hydrogen (secondary N) is 1. The fraction of sp³-hybridized carbons (Fsp3) is 0.917. The van der Waals surface area contributed by atoms with Gasteiger partial charge in [0.1, 0.15) is 0 Å². The molecule has 0 aromatic carbocycles. The van der Waals surface area contributed by atoms with E-state index in [0.29, 0.717) is 12.5 Å². The van der Waals surface area contributed by atoms with Crippen LogP contribution in [0.2, 0.25) is 0 Å². The SMILES string of the molecule is CCN(C)C(=O)CNCC(C)(C)C(C)C. The Morgan fingerprint density at radius 1 is 1.40 bits per heavy atom. The highest BCUT2D eigenvalue weighted by Gasteiger charge is 2.22. The van der Waals surface area contributed by atoms with Gasteiger partial charge in [0, 0.05) is 20.1 Å². The summed E-state index contributed by atoms with van der Waals surface area (Å²) in [4.78, 5) is 13.2. The van der Waals surface area contributed by atoms with E-state index in [2.05, 4.69) is 33.0 Å². The molecule has 0 aliphatic carbocycles. The van der Waals surface area contributed by atoms with Crippen molar-refractivity contribution in [1.29, 1.82) is 0 Å². The van der Waals surface area contributed by atoms with Crippen molar-refractivity contribution in [3.8, 4) is 0 Å². The molecule has 0 atom stereocenters. The first-order chi connectivity index (χ1) is 6.81. The fourth-order valence-corrected chi connectivity index (χ4v) is 1.01. The summed E-state index contributed by atoms with van der Waals surface area (Å²) in [5.74, 6) is 0.779. The number of nitrogens with zero attached hydrogens (tertiary/aromatic N) is 1. The zero-order valence-electron chi connectivity index (χ0n) is 11.1. The highest BCUT2D eigenvalue weighted by Crippen LogP contribution is 2.24. The van der Waals surface area contributed by atoms with E-state index in [1.54, 1.807) is 4.90 Å². The maximum atomic E-state index is 11.5. The third-order valence-electron chi connectivity index (χ3n) is 3.32. The minimum atomic E-state index is 0.164. The van der Waals surface area contributed by atoms with Gasteiger partial charge in [0.2, 0.25) is 5.91 Å². The minimum absolute atomic E-state index is 0.164. The molecule has 0 aliphatic heterocycles. The number of likely N-dealkylation sites (N-methyl/N-ethyl adjacent to an activating group) is 1. The molecule has 0 aliphatic rings. The molecule has 0 bridgehead atoms. The van der Waals surface area contributed by atoms with Gasteiger partial charge in [0.15, 0.2) is 0 Å². The van der Waals surface area contributed by atoms with Crippen LogP contribution >= 0.6 is 0 Å². The monoisotopic (exact) mass is 214 g/mol. The summed E-state index contributed by atoms with van der Waals surface area (Å²) in [5.41, 5.74) is 0.241. The van der Waals surface area contributed by atoms with E-state index in [-0.39, 0.29) is 11.3 Å². The normalized spacial score (nSPS) is 11.9. The smallest absolute Gasteiger partial charge is 0.236 e. The number of amides is 1. The van der Waals surface area contributed by atoms with Crippen molar-refractivity contribution < 1.29 is 4.79 Å². The third kappa shape index (κ3) is 5.17. The standard InChI is InChI=1S/C12H26N2O/c1-7-14(6)11(15)8-13-9-12(4,5)10(2)3/h10,13H,7-9H2,1-6H3. The summed E-state index contributed by atoms with van der Waals surface area (Å²) in [6.45, 7) is 12.9. The van der Waals surface area contributed by atoms with Crippen molar-refractivity contribution in [2.75, 3.05) is 26.7 Å². The Balaban J connectivity index is 3.85. The molecule has 0 spiro atoms. The van der Waals surface area contributed by atoms with Gasteiger partial charge in [-0.1, -0.05) is 27.7 Å². The predicted molar refractivity (Wildman–Crippen MR) is 64.8 cm³/mol. The van der Waals surface area contributed by atoms with Crippen LogP contribution in [0, 0.1) is 11.3 Å². The number of carbonyl (C=O) groups excluding carboxylic acids is 1. The molecule has 1 N–H and O–H groups in total. The maximum absolute atomic E-state index is 11.5. The fourth-order valence-electron chi connectivity index (χ4n) is 1.01. The molecule has 3 nitrogen and oxygen atoms in total. The average molecular weight is 214 g/mol. The van der Waals surface area contributed by atoms with Crippen molar-refractivity contribution >= 4 is 5.91 Å². The highest BCUT2D eigenvalue weighted by molar-refractivity contribution is 5.77. The Kier molecular flexibility index (Phi) is 5.88. The second kappa shape index (κ2) is 6.11. The summed E-state index contributed by atoms with van der Waals surface area (Å²) in [6.07, 6.45) is 0. The van der Waals surface area contributed by atoms with Gasteiger partial charge in [0.05, 0.1) is 6.54 Å². The molecule has 0 saturated heterocycles.